The van der Waals surface area contributed by atoms with Gasteiger partial charge < -0.3 is 5.32 Å². The first kappa shape index (κ1) is 12.0. The maximum Gasteiger partial charge on any atom is 0.263 e. The fraction of sp³-hybridized carbons (Fsp3) is 0.0909. The van der Waals surface area contributed by atoms with Crippen molar-refractivity contribution >= 4 is 28.8 Å². The number of benzene rings is 1. The van der Waals surface area contributed by atoms with Gasteiger partial charge in [-0.2, -0.15) is 0 Å². The molecular formula is C11H8ClFN2OS. The average Bonchev–Trinajstić information content (AvgIpc) is 2.80. The minimum atomic E-state index is -0.493. The zero-order valence-electron chi connectivity index (χ0n) is 8.83. The molecule has 0 atom stereocenters. The van der Waals surface area contributed by atoms with Crippen LogP contribution in [0.4, 0.5) is 4.39 Å². The molecule has 17 heavy (non-hydrogen) atoms. The Morgan fingerprint density at radius 3 is 2.94 bits per heavy atom. The van der Waals surface area contributed by atoms with E-state index in [0.717, 1.165) is 0 Å². The molecule has 0 aliphatic rings. The fourth-order valence-corrected chi connectivity index (χ4v) is 2.31. The van der Waals surface area contributed by atoms with E-state index in [9.17, 15) is 9.18 Å². The predicted octanol–water partition coefficient (Wildman–Crippen LogP) is 2.96. The monoisotopic (exact) mass is 270 g/mol. The number of aromatic nitrogens is 1. The van der Waals surface area contributed by atoms with Crippen LogP contribution in [0, 0.1) is 5.82 Å². The number of nitrogens with zero attached hydrogens (tertiary/aromatic N) is 1. The van der Waals surface area contributed by atoms with E-state index < -0.39 is 5.82 Å². The number of amides is 1. The minimum Gasteiger partial charge on any atom is -0.354 e. The summed E-state index contributed by atoms with van der Waals surface area (Å²) in [5, 5.41) is 2.54. The highest BCUT2D eigenvalue weighted by atomic mass is 35.5. The summed E-state index contributed by atoms with van der Waals surface area (Å²) in [7, 11) is 1.55. The van der Waals surface area contributed by atoms with Crippen LogP contribution in [0.2, 0.25) is 5.02 Å². The molecule has 0 aliphatic heterocycles. The number of carbonyl (C=O) groups excluding carboxylic acids is 1. The fourth-order valence-electron chi connectivity index (χ4n) is 1.37. The molecule has 2 aromatic rings. The largest absolute Gasteiger partial charge is 0.354 e. The topological polar surface area (TPSA) is 42.0 Å². The number of hydrogen-bond acceptors (Lipinski definition) is 3. The van der Waals surface area contributed by atoms with Crippen molar-refractivity contribution < 1.29 is 9.18 Å². The Balaban J connectivity index is 2.50. The molecule has 3 nitrogen and oxygen atoms in total. The molecule has 0 radical (unpaired) electrons. The van der Waals surface area contributed by atoms with E-state index in [-0.39, 0.29) is 10.9 Å². The number of halogens is 2. The van der Waals surface area contributed by atoms with E-state index in [0.29, 0.717) is 16.1 Å². The quantitative estimate of drug-likeness (QED) is 0.912. The normalized spacial score (nSPS) is 10.3. The lowest BCUT2D eigenvalue weighted by Crippen LogP contribution is -2.17. The first-order valence-corrected chi connectivity index (χ1v) is 6.00. The summed E-state index contributed by atoms with van der Waals surface area (Å²) in [6.45, 7) is 0. The van der Waals surface area contributed by atoms with E-state index in [2.05, 4.69) is 10.3 Å². The second kappa shape index (κ2) is 4.81. The first-order valence-electron chi connectivity index (χ1n) is 4.74. The molecule has 0 aliphatic carbocycles. The second-order valence-electron chi connectivity index (χ2n) is 3.24. The van der Waals surface area contributed by atoms with Gasteiger partial charge in [0.2, 0.25) is 0 Å². The van der Waals surface area contributed by atoms with Gasteiger partial charge in [0, 0.05) is 12.6 Å². The van der Waals surface area contributed by atoms with Gasteiger partial charge in [-0.15, -0.1) is 11.3 Å². The zero-order valence-corrected chi connectivity index (χ0v) is 10.4. The van der Waals surface area contributed by atoms with Crippen LogP contribution >= 0.6 is 22.9 Å². The molecule has 0 saturated heterocycles. The molecule has 0 saturated carbocycles. The summed E-state index contributed by atoms with van der Waals surface area (Å²) in [4.78, 5) is 16.2. The second-order valence-corrected chi connectivity index (χ2v) is 4.50. The Bertz CT molecular complexity index is 570. The van der Waals surface area contributed by atoms with Gasteiger partial charge in [-0.1, -0.05) is 11.6 Å². The Morgan fingerprint density at radius 2 is 2.29 bits per heavy atom. The van der Waals surface area contributed by atoms with Gasteiger partial charge in [-0.05, 0) is 18.2 Å². The molecule has 1 heterocycles. The number of hydrogen-bond donors (Lipinski definition) is 1. The number of rotatable bonds is 2. The van der Waals surface area contributed by atoms with Crippen molar-refractivity contribution in [2.45, 2.75) is 0 Å². The van der Waals surface area contributed by atoms with Crippen LogP contribution in [0.3, 0.4) is 0 Å². The summed E-state index contributed by atoms with van der Waals surface area (Å²) in [6.07, 6.45) is 0. The molecule has 1 N–H and O–H groups in total. The molecule has 0 fully saturated rings. The van der Waals surface area contributed by atoms with Crippen LogP contribution in [0.15, 0.2) is 23.7 Å². The van der Waals surface area contributed by atoms with E-state index in [1.165, 1.54) is 23.5 Å². The van der Waals surface area contributed by atoms with Gasteiger partial charge in [-0.3, -0.25) is 4.79 Å². The van der Waals surface area contributed by atoms with Gasteiger partial charge in [0.15, 0.2) is 0 Å². The minimum absolute atomic E-state index is 0.0124. The van der Waals surface area contributed by atoms with Gasteiger partial charge in [0.25, 0.3) is 5.91 Å². The maximum atomic E-state index is 13.0. The SMILES string of the molecule is CNC(=O)c1scnc1-c1ccc(F)c(Cl)c1. The van der Waals surface area contributed by atoms with Crippen LogP contribution in [0.5, 0.6) is 0 Å². The van der Waals surface area contributed by atoms with Crippen LogP contribution in [0.1, 0.15) is 9.67 Å². The molecule has 1 aromatic carbocycles. The van der Waals surface area contributed by atoms with Crippen LogP contribution in [-0.2, 0) is 0 Å². The highest BCUT2D eigenvalue weighted by molar-refractivity contribution is 7.12. The number of carbonyl (C=O) groups is 1. The first-order chi connectivity index (χ1) is 8.13. The van der Waals surface area contributed by atoms with Crippen molar-refractivity contribution in [2.24, 2.45) is 0 Å². The van der Waals surface area contributed by atoms with Gasteiger partial charge in [-0.25, -0.2) is 9.37 Å². The van der Waals surface area contributed by atoms with E-state index in [1.807, 2.05) is 0 Å². The lowest BCUT2D eigenvalue weighted by atomic mass is 10.1. The third-order valence-electron chi connectivity index (χ3n) is 2.19. The van der Waals surface area contributed by atoms with Crippen LogP contribution in [0.25, 0.3) is 11.3 Å². The van der Waals surface area contributed by atoms with E-state index in [4.69, 9.17) is 11.6 Å². The molecule has 0 unspecified atom stereocenters. The summed E-state index contributed by atoms with van der Waals surface area (Å²) in [6, 6.07) is 4.26. The van der Waals surface area contributed by atoms with Crippen molar-refractivity contribution in [2.75, 3.05) is 7.05 Å². The van der Waals surface area contributed by atoms with Crippen molar-refractivity contribution in [1.29, 1.82) is 0 Å². The summed E-state index contributed by atoms with van der Waals surface area (Å²) < 4.78 is 13.0. The van der Waals surface area contributed by atoms with Crippen LogP contribution in [-0.4, -0.2) is 17.9 Å². The van der Waals surface area contributed by atoms with Gasteiger partial charge in [0.05, 0.1) is 16.2 Å². The Hall–Kier alpha value is -1.46. The third kappa shape index (κ3) is 2.30. The smallest absolute Gasteiger partial charge is 0.263 e. The lowest BCUT2D eigenvalue weighted by Gasteiger charge is -2.02. The zero-order chi connectivity index (χ0) is 12.4. The van der Waals surface area contributed by atoms with Crippen molar-refractivity contribution in [3.8, 4) is 11.3 Å². The van der Waals surface area contributed by atoms with E-state index >= 15 is 0 Å². The molecule has 1 aromatic heterocycles. The Morgan fingerprint density at radius 1 is 1.53 bits per heavy atom. The van der Waals surface area contributed by atoms with Crippen LogP contribution < -0.4 is 5.32 Å². The molecule has 2 rings (SSSR count). The molecule has 88 valence electrons. The standard InChI is InChI=1S/C11H8ClFN2OS/c1-14-11(16)10-9(15-5-17-10)6-2-3-8(13)7(12)4-6/h2-5H,1H3,(H,14,16). The lowest BCUT2D eigenvalue weighted by molar-refractivity contribution is 0.0967. The molecular weight excluding hydrogens is 263 g/mol. The third-order valence-corrected chi connectivity index (χ3v) is 3.31. The Labute approximate surface area is 106 Å². The summed E-state index contributed by atoms with van der Waals surface area (Å²) in [5.74, 6) is -0.713. The molecule has 1 amide bonds. The highest BCUT2D eigenvalue weighted by Gasteiger charge is 2.15. The summed E-state index contributed by atoms with van der Waals surface area (Å²) >= 11 is 6.92. The van der Waals surface area contributed by atoms with E-state index in [1.54, 1.807) is 18.6 Å². The molecule has 0 spiro atoms. The maximum absolute atomic E-state index is 13.0. The molecule has 6 heteroatoms. The van der Waals surface area contributed by atoms with Gasteiger partial charge >= 0.3 is 0 Å². The summed E-state index contributed by atoms with van der Waals surface area (Å²) in [5.41, 5.74) is 2.70. The van der Waals surface area contributed by atoms with Gasteiger partial charge in [0.1, 0.15) is 10.7 Å². The highest BCUT2D eigenvalue weighted by Crippen LogP contribution is 2.28. The van der Waals surface area contributed by atoms with Crippen molar-refractivity contribution in [1.82, 2.24) is 10.3 Å². The predicted molar refractivity (Wildman–Crippen MR) is 65.9 cm³/mol. The van der Waals surface area contributed by atoms with Crippen molar-refractivity contribution in [3.63, 3.8) is 0 Å². The Kier molecular flexibility index (Phi) is 3.40. The van der Waals surface area contributed by atoms with Crippen molar-refractivity contribution in [3.05, 3.63) is 39.4 Å². The molecule has 0 bridgehead atoms. The average molecular weight is 271 g/mol. The number of nitrogens with one attached hydrogen (secondary N) is 1. The number of thiazole rings is 1.